The van der Waals surface area contributed by atoms with Gasteiger partial charge in [-0.05, 0) is 203 Å². The number of ether oxygens (including phenoxy) is 1. The molecular formula is C103H111N29O7. The third kappa shape index (κ3) is 24.0. The van der Waals surface area contributed by atoms with E-state index < -0.39 is 0 Å². The van der Waals surface area contributed by atoms with E-state index in [1.165, 1.54) is 0 Å². The number of rotatable bonds is 24. The molecule has 5 amide bonds. The number of nitrogens with zero attached hydrogens (tertiary/aromatic N) is 21. The average molecular weight is 1870 g/mol. The van der Waals surface area contributed by atoms with Gasteiger partial charge in [-0.3, -0.25) is 63.5 Å². The van der Waals surface area contributed by atoms with Crippen molar-refractivity contribution in [1.82, 2.24) is 124 Å². The molecule has 4 aromatic carbocycles. The largest absolute Gasteiger partial charge is 0.395 e. The number of hydrogen-bond acceptors (Lipinski definition) is 27. The molecular weight excluding hydrogens is 1760 g/mol. The van der Waals surface area contributed by atoms with Crippen LogP contribution in [0, 0.1) is 0 Å². The summed E-state index contributed by atoms with van der Waals surface area (Å²) >= 11 is 0. The van der Waals surface area contributed by atoms with Crippen LogP contribution in [0.25, 0.3) is 89.2 Å². The van der Waals surface area contributed by atoms with Gasteiger partial charge in [-0.25, -0.2) is 39.9 Å². The number of fused-ring (bicyclic) bond motifs is 4. The maximum atomic E-state index is 13.2. The van der Waals surface area contributed by atoms with E-state index in [2.05, 4.69) is 134 Å². The fourth-order valence-electron chi connectivity index (χ4n) is 17.5. The Morgan fingerprint density at radius 3 is 0.942 bits per heavy atom. The summed E-state index contributed by atoms with van der Waals surface area (Å²) in [5.41, 5.74) is 15.4. The number of aromatic nitrogens is 16. The van der Waals surface area contributed by atoms with E-state index in [1.807, 2.05) is 219 Å². The van der Waals surface area contributed by atoms with E-state index in [9.17, 15) is 24.0 Å². The topological polar surface area (TPSA) is 410 Å². The molecule has 0 radical (unpaired) electrons. The van der Waals surface area contributed by atoms with Crippen molar-refractivity contribution < 1.29 is 33.8 Å². The Hall–Kier alpha value is -15.7. The van der Waals surface area contributed by atoms with Gasteiger partial charge in [0.15, 0.2) is 0 Å². The first-order valence-electron chi connectivity index (χ1n) is 47.1. The molecule has 9 N–H and O–H groups in total. The molecule has 0 saturated carbocycles. The molecule has 710 valence electrons. The summed E-state index contributed by atoms with van der Waals surface area (Å²) in [6, 6.07) is 61.8. The fourth-order valence-corrected chi connectivity index (χ4v) is 17.5. The maximum absolute atomic E-state index is 13.2. The lowest BCUT2D eigenvalue weighted by molar-refractivity contribution is -0.131. The van der Waals surface area contributed by atoms with E-state index in [0.29, 0.717) is 125 Å². The molecule has 12 aromatic heterocycles. The van der Waals surface area contributed by atoms with E-state index >= 15 is 0 Å². The van der Waals surface area contributed by atoms with Gasteiger partial charge in [-0.15, -0.1) is 0 Å². The van der Waals surface area contributed by atoms with Gasteiger partial charge in [0.1, 0.15) is 22.8 Å². The molecule has 5 fully saturated rings. The lowest BCUT2D eigenvalue weighted by atomic mass is 10.2. The number of aliphatic hydroxyl groups is 1. The Bertz CT molecular complexity index is 6880. The summed E-state index contributed by atoms with van der Waals surface area (Å²) in [6.07, 6.45) is 17.0. The number of methoxy groups -OCH3 is 1. The number of anilines is 8. The van der Waals surface area contributed by atoms with Gasteiger partial charge >= 0.3 is 0 Å². The Morgan fingerprint density at radius 2 is 0.633 bits per heavy atom. The number of β-amino-alcohol motifs (C(OH)–C–C–N with tert-alkyl or cyclic N) is 1. The third-order valence-corrected chi connectivity index (χ3v) is 25.1. The second kappa shape index (κ2) is 44.8. The van der Waals surface area contributed by atoms with E-state index in [-0.39, 0.29) is 36.1 Å². The highest BCUT2D eigenvalue weighted by atomic mass is 16.5. The summed E-state index contributed by atoms with van der Waals surface area (Å²) < 4.78 is 5.15. The van der Waals surface area contributed by atoms with Crippen LogP contribution in [-0.4, -0.2) is 322 Å². The number of hydrogen-bond donors (Lipinski definition) is 9. The van der Waals surface area contributed by atoms with Gasteiger partial charge in [0.25, 0.3) is 23.6 Å². The van der Waals surface area contributed by atoms with E-state index in [0.717, 1.165) is 203 Å². The van der Waals surface area contributed by atoms with Crippen LogP contribution in [0.1, 0.15) is 75.1 Å². The van der Waals surface area contributed by atoms with E-state index in [4.69, 9.17) is 9.84 Å². The molecule has 0 bridgehead atoms. The molecule has 0 aliphatic carbocycles. The molecule has 36 heteroatoms. The van der Waals surface area contributed by atoms with Crippen LogP contribution in [0.4, 0.5) is 46.5 Å². The van der Waals surface area contributed by atoms with Gasteiger partial charge < -0.3 is 75.5 Å². The predicted octanol–water partition coefficient (Wildman–Crippen LogP) is 13.1. The third-order valence-electron chi connectivity index (χ3n) is 25.1. The van der Waals surface area contributed by atoms with Gasteiger partial charge in [0.05, 0.1) is 65.3 Å². The molecule has 139 heavy (non-hydrogen) atoms. The fraction of sp³-hybridized carbons (Fsp3) is 0.291. The first-order chi connectivity index (χ1) is 68.1. The molecule has 21 rings (SSSR count). The average Bonchev–Trinajstić information content (AvgIpc) is 1.69. The number of aromatic amines is 4. The number of likely N-dealkylation sites (tertiary alicyclic amines) is 1. The van der Waals surface area contributed by atoms with E-state index in [1.54, 1.807) is 56.7 Å². The van der Waals surface area contributed by atoms with Crippen molar-refractivity contribution in [2.24, 2.45) is 0 Å². The molecule has 0 atom stereocenters. The van der Waals surface area contributed by atoms with Crippen molar-refractivity contribution in [3.05, 3.63) is 266 Å². The number of carbonyl (C=O) groups is 5. The summed E-state index contributed by atoms with van der Waals surface area (Å²) in [5, 5.41) is 25.9. The predicted molar refractivity (Wildman–Crippen MR) is 536 cm³/mol. The number of pyridine rings is 4. The zero-order valence-electron chi connectivity index (χ0n) is 77.8. The standard InChI is InChI=1S/C28H30N8O2.C26H29N7O.C25H27N7O2.C24H25N7O2/c37-26(35-11-3-4-12-35)19-34-13-15-36(16-14-34)27(38)25-18-20-17-21(6-7-22(20)32-25)31-28-30-10-8-24(33-28)23-5-1-2-9-29-23;1-18(2)32-12-5-13-33(15-14-32)25(34)24-17-19-16-20(7-8-21(19)30-24)29-26-28-11-9-23(31-26)22-6-3-4-10-27-22;1-34-15-14-31-10-12-32(13-11-31)24(33)23-17-18-16-19(5-6-20(18)29-23)28-25-27-9-7-22(30-25)21-4-2-3-8-26-21;32-14-13-30-9-11-31(12-10-30)23(33)22-16-17-15-18(4-5-19(17)28-22)27-24-26-8-6-21(29-24)20-3-1-2-7-25-20/h1-2,5-10,17-18,32H,3-4,11-16,19H2,(H,30,31,33);3-4,6-11,16-18,30H,5,12-15H2,1-2H3,(H,28,29,31);2-9,16-17,29H,10-15H2,1H3,(H,27,28,30);1-8,15-16,28,32H,9-14H2,(H,26,27,29). The summed E-state index contributed by atoms with van der Waals surface area (Å²) in [6.45, 7) is 21.2. The second-order valence-electron chi connectivity index (χ2n) is 34.8. The minimum absolute atomic E-state index is 0.00393. The number of carbonyl (C=O) groups excluding carboxylic acids is 5. The highest BCUT2D eigenvalue weighted by molar-refractivity contribution is 6.02. The summed E-state index contributed by atoms with van der Waals surface area (Å²) in [7, 11) is 1.71. The van der Waals surface area contributed by atoms with Gasteiger partial charge in [0, 0.05) is 260 Å². The summed E-state index contributed by atoms with van der Waals surface area (Å²) in [4.78, 5) is 150. The number of amides is 5. The Kier molecular flexibility index (Phi) is 30.2. The number of nitrogens with one attached hydrogen (secondary N) is 8. The highest BCUT2D eigenvalue weighted by Crippen LogP contribution is 2.31. The smallest absolute Gasteiger partial charge is 0.270 e. The molecule has 5 aliphatic rings. The molecule has 0 spiro atoms. The quantitative estimate of drug-likeness (QED) is 0.0271. The van der Waals surface area contributed by atoms with Crippen LogP contribution in [-0.2, 0) is 9.53 Å². The number of H-pyrrole nitrogens is 4. The van der Waals surface area contributed by atoms with Crippen molar-refractivity contribution in [2.45, 2.75) is 39.2 Å². The van der Waals surface area contributed by atoms with Crippen molar-refractivity contribution in [3.63, 3.8) is 0 Å². The van der Waals surface area contributed by atoms with Crippen LogP contribution in [0.3, 0.4) is 0 Å². The normalized spacial score (nSPS) is 15.1. The molecule has 17 heterocycles. The highest BCUT2D eigenvalue weighted by Gasteiger charge is 2.30. The first kappa shape index (κ1) is 93.7. The Labute approximate surface area is 803 Å². The van der Waals surface area contributed by atoms with Crippen molar-refractivity contribution in [2.75, 3.05) is 179 Å². The van der Waals surface area contributed by atoms with Gasteiger partial charge in [0.2, 0.25) is 29.7 Å². The lowest BCUT2D eigenvalue weighted by Gasteiger charge is -2.34. The monoisotopic (exact) mass is 1870 g/mol. The van der Waals surface area contributed by atoms with Crippen molar-refractivity contribution >= 4 is 120 Å². The molecule has 36 nitrogen and oxygen atoms in total. The van der Waals surface area contributed by atoms with Gasteiger partial charge in [-0.1, -0.05) is 24.3 Å². The zero-order valence-corrected chi connectivity index (χ0v) is 77.8. The number of piperazine rings is 3. The minimum Gasteiger partial charge on any atom is -0.395 e. The maximum Gasteiger partial charge on any atom is 0.270 e. The molecule has 0 unspecified atom stereocenters. The SMILES string of the molecule is CC(C)N1CCCN(C(=O)c2cc3cc(Nc4nccc(-c5ccccn5)n4)ccc3[nH]2)CC1.COCCN1CCN(C(=O)c2cc3cc(Nc4nccc(-c5ccccn5)n4)ccc3[nH]2)CC1.O=C(CN1CCN(C(=O)c2cc3cc(Nc4nccc(-c5ccccn5)n4)ccc3[nH]2)CC1)N1CCCC1.O=C(c1cc2cc(Nc3nccc(-c4ccccn4)n3)ccc2[nH]1)N1CCN(CCO)CC1. The van der Waals surface area contributed by atoms with Crippen molar-refractivity contribution in [3.8, 4) is 45.6 Å². The molecule has 16 aromatic rings. The number of aliphatic hydroxyl groups excluding tert-OH is 1. The molecule has 5 saturated heterocycles. The van der Waals surface area contributed by atoms with Gasteiger partial charge in [-0.2, -0.15) is 0 Å². The van der Waals surface area contributed by atoms with Crippen LogP contribution in [0.5, 0.6) is 0 Å². The zero-order chi connectivity index (χ0) is 95.3. The van der Waals surface area contributed by atoms with Crippen LogP contribution < -0.4 is 21.3 Å². The van der Waals surface area contributed by atoms with Crippen LogP contribution in [0.15, 0.2) is 244 Å². The molecule has 5 aliphatic heterocycles. The summed E-state index contributed by atoms with van der Waals surface area (Å²) in [5.74, 6) is 2.20. The minimum atomic E-state index is -0.0207. The number of benzene rings is 4. The lowest BCUT2D eigenvalue weighted by Crippen LogP contribution is -2.51. The van der Waals surface area contributed by atoms with Crippen LogP contribution >= 0.6 is 0 Å². The van der Waals surface area contributed by atoms with Crippen LogP contribution in [0.2, 0.25) is 0 Å². The second-order valence-corrected chi connectivity index (χ2v) is 34.8. The Morgan fingerprint density at radius 1 is 0.324 bits per heavy atom. The Balaban J connectivity index is 0.000000123. The van der Waals surface area contributed by atoms with Crippen molar-refractivity contribution in [1.29, 1.82) is 0 Å². The first-order valence-corrected chi connectivity index (χ1v) is 47.1.